The molecule has 3 heterocycles. The Hall–Kier alpha value is -4.33. The Labute approximate surface area is 195 Å². The van der Waals surface area contributed by atoms with Crippen LogP contribution >= 0.6 is 0 Å². The number of fused-ring (bicyclic) bond motifs is 4. The Morgan fingerprint density at radius 1 is 1.06 bits per heavy atom. The van der Waals surface area contributed by atoms with Gasteiger partial charge < -0.3 is 23.7 Å². The first-order valence-electron chi connectivity index (χ1n) is 10.6. The van der Waals surface area contributed by atoms with Gasteiger partial charge in [-0.05, 0) is 42.0 Å². The predicted molar refractivity (Wildman–Crippen MR) is 122 cm³/mol. The molecule has 0 N–H and O–H groups in total. The molecule has 0 fully saturated rings. The zero-order valence-corrected chi connectivity index (χ0v) is 18.8. The maximum atomic E-state index is 13.2. The Bertz CT molecular complexity index is 1340. The van der Waals surface area contributed by atoms with Crippen LogP contribution in [-0.2, 0) is 9.53 Å². The number of methoxy groups -OCH3 is 3. The molecule has 0 aliphatic carbocycles. The van der Waals surface area contributed by atoms with E-state index >= 15 is 0 Å². The van der Waals surface area contributed by atoms with Gasteiger partial charge in [-0.25, -0.2) is 4.98 Å². The van der Waals surface area contributed by atoms with E-state index in [1.807, 2.05) is 6.07 Å². The summed E-state index contributed by atoms with van der Waals surface area (Å²) in [6.07, 6.45) is 3.32. The molecule has 0 amide bonds. The minimum Gasteiger partial charge on any atom is -0.493 e. The van der Waals surface area contributed by atoms with Crippen molar-refractivity contribution in [3.05, 3.63) is 76.7 Å². The molecule has 1 aromatic heterocycles. The average molecular weight is 459 g/mol. The van der Waals surface area contributed by atoms with Crippen LogP contribution in [-0.4, -0.2) is 38.1 Å². The maximum Gasteiger partial charge on any atom is 0.306 e. The number of ketones is 1. The van der Waals surface area contributed by atoms with E-state index in [9.17, 15) is 9.59 Å². The van der Waals surface area contributed by atoms with Gasteiger partial charge in [-0.15, -0.1) is 0 Å². The van der Waals surface area contributed by atoms with Gasteiger partial charge in [-0.3, -0.25) is 9.59 Å². The normalized spacial score (nSPS) is 16.6. The van der Waals surface area contributed by atoms with Gasteiger partial charge in [0.05, 0.1) is 33.3 Å². The number of allylic oxidation sites excluding steroid dienone is 1. The molecule has 0 saturated heterocycles. The maximum absolute atomic E-state index is 13.2. The van der Waals surface area contributed by atoms with Gasteiger partial charge >= 0.3 is 5.97 Å². The average Bonchev–Trinajstić information content (AvgIpc) is 3.18. The molecule has 172 valence electrons. The van der Waals surface area contributed by atoms with E-state index in [0.717, 1.165) is 5.56 Å². The summed E-state index contributed by atoms with van der Waals surface area (Å²) in [6.45, 7) is 0. The van der Waals surface area contributed by atoms with Crippen LogP contribution in [0.1, 0.15) is 39.4 Å². The summed E-state index contributed by atoms with van der Waals surface area (Å²) in [5.41, 5.74) is 2.45. The lowest BCUT2D eigenvalue weighted by atomic mass is 9.85. The molecule has 1 atom stereocenters. The molecule has 0 spiro atoms. The van der Waals surface area contributed by atoms with Gasteiger partial charge in [-0.2, -0.15) is 0 Å². The lowest BCUT2D eigenvalue weighted by Crippen LogP contribution is -2.16. The second-order valence-electron chi connectivity index (χ2n) is 7.74. The first-order chi connectivity index (χ1) is 16.5. The van der Waals surface area contributed by atoms with Crippen LogP contribution in [0.5, 0.6) is 28.9 Å². The van der Waals surface area contributed by atoms with E-state index in [0.29, 0.717) is 45.6 Å². The molecule has 5 rings (SSSR count). The molecule has 0 saturated carbocycles. The molecular formula is C26H21NO7. The quantitative estimate of drug-likeness (QED) is 0.406. The van der Waals surface area contributed by atoms with Crippen molar-refractivity contribution < 1.29 is 33.3 Å². The Kier molecular flexibility index (Phi) is 5.41. The molecule has 34 heavy (non-hydrogen) atoms. The molecule has 0 bridgehead atoms. The van der Waals surface area contributed by atoms with Crippen molar-refractivity contribution in [2.24, 2.45) is 0 Å². The number of pyridine rings is 1. The van der Waals surface area contributed by atoms with Crippen molar-refractivity contribution in [2.45, 2.75) is 12.3 Å². The third-order valence-corrected chi connectivity index (χ3v) is 5.87. The Morgan fingerprint density at radius 2 is 1.88 bits per heavy atom. The van der Waals surface area contributed by atoms with Gasteiger partial charge in [0, 0.05) is 23.2 Å². The summed E-state index contributed by atoms with van der Waals surface area (Å²) in [6, 6.07) is 12.3. The number of carbonyl (C=O) groups excluding carboxylic acids is 2. The van der Waals surface area contributed by atoms with Crippen molar-refractivity contribution in [3.8, 4) is 28.9 Å². The number of hydrogen-bond acceptors (Lipinski definition) is 8. The summed E-state index contributed by atoms with van der Waals surface area (Å²) in [5.74, 6) is 1.44. The molecule has 2 aliphatic rings. The number of Topliss-reactive ketones (excluding diaryl/α,β-unsaturated/α-hetero) is 1. The van der Waals surface area contributed by atoms with E-state index < -0.39 is 11.9 Å². The van der Waals surface area contributed by atoms with Crippen molar-refractivity contribution in [2.75, 3.05) is 21.3 Å². The van der Waals surface area contributed by atoms with E-state index in [1.54, 1.807) is 62.9 Å². The van der Waals surface area contributed by atoms with Crippen LogP contribution in [0, 0.1) is 0 Å². The third kappa shape index (κ3) is 3.53. The molecule has 0 radical (unpaired) electrons. The van der Waals surface area contributed by atoms with E-state index in [-0.39, 0.29) is 18.0 Å². The standard InChI is InChI=1S/C26H21NO7/c1-30-18-8-6-14(11-20(18)31-2)12-21-24(29)16-7-9-19-23(25(16)33-21)17(13-22(28)32-3)15-5-4-10-27-26(15)34-19/h4-12,17H,13H2,1-3H3/b21-12-. The topological polar surface area (TPSA) is 93.2 Å². The summed E-state index contributed by atoms with van der Waals surface area (Å²) >= 11 is 0. The number of benzene rings is 2. The zero-order chi connectivity index (χ0) is 23.8. The molecule has 1 unspecified atom stereocenters. The number of nitrogens with zero attached hydrogens (tertiary/aromatic N) is 1. The summed E-state index contributed by atoms with van der Waals surface area (Å²) < 4.78 is 27.6. The molecule has 8 nitrogen and oxygen atoms in total. The highest BCUT2D eigenvalue weighted by molar-refractivity contribution is 6.15. The van der Waals surface area contributed by atoms with Crippen LogP contribution in [0.25, 0.3) is 6.08 Å². The van der Waals surface area contributed by atoms with Gasteiger partial charge in [0.2, 0.25) is 11.7 Å². The van der Waals surface area contributed by atoms with Crippen LogP contribution in [0.3, 0.4) is 0 Å². The van der Waals surface area contributed by atoms with Gasteiger partial charge in [0.25, 0.3) is 0 Å². The van der Waals surface area contributed by atoms with Crippen molar-refractivity contribution in [3.63, 3.8) is 0 Å². The van der Waals surface area contributed by atoms with E-state index in [1.165, 1.54) is 7.11 Å². The largest absolute Gasteiger partial charge is 0.493 e. The second kappa shape index (κ2) is 8.55. The molecular weight excluding hydrogens is 438 g/mol. The van der Waals surface area contributed by atoms with Crippen LogP contribution < -0.4 is 18.9 Å². The SMILES string of the molecule is COC(=O)CC1c2cccnc2Oc2ccc3c(c21)O/C(=C\c1ccc(OC)c(OC)c1)C3=O. The summed E-state index contributed by atoms with van der Waals surface area (Å²) in [4.78, 5) is 29.8. The monoisotopic (exact) mass is 459 g/mol. The fourth-order valence-corrected chi connectivity index (χ4v) is 4.24. The lowest BCUT2D eigenvalue weighted by Gasteiger charge is -2.27. The number of aromatic nitrogens is 1. The fraction of sp³-hybridized carbons (Fsp3) is 0.192. The zero-order valence-electron chi connectivity index (χ0n) is 18.8. The predicted octanol–water partition coefficient (Wildman–Crippen LogP) is 4.52. The number of rotatable bonds is 5. The van der Waals surface area contributed by atoms with E-state index in [4.69, 9.17) is 23.7 Å². The number of ether oxygens (including phenoxy) is 5. The number of hydrogen-bond donors (Lipinski definition) is 0. The lowest BCUT2D eigenvalue weighted by molar-refractivity contribution is -0.140. The van der Waals surface area contributed by atoms with Crippen LogP contribution in [0.4, 0.5) is 0 Å². The Morgan fingerprint density at radius 3 is 2.65 bits per heavy atom. The Balaban J connectivity index is 1.58. The molecule has 2 aromatic carbocycles. The first-order valence-corrected chi connectivity index (χ1v) is 10.6. The van der Waals surface area contributed by atoms with Crippen LogP contribution in [0.15, 0.2) is 54.4 Å². The number of carbonyl (C=O) groups is 2. The highest BCUT2D eigenvalue weighted by Crippen LogP contribution is 2.52. The minimum absolute atomic E-state index is 0.0499. The highest BCUT2D eigenvalue weighted by atomic mass is 16.5. The number of esters is 1. The first kappa shape index (κ1) is 21.5. The van der Waals surface area contributed by atoms with Crippen LogP contribution in [0.2, 0.25) is 0 Å². The summed E-state index contributed by atoms with van der Waals surface area (Å²) in [7, 11) is 4.44. The van der Waals surface area contributed by atoms with Gasteiger partial charge in [0.15, 0.2) is 17.3 Å². The third-order valence-electron chi connectivity index (χ3n) is 5.87. The molecule has 2 aliphatic heterocycles. The van der Waals surface area contributed by atoms with Crippen molar-refractivity contribution in [1.82, 2.24) is 4.98 Å². The highest BCUT2D eigenvalue weighted by Gasteiger charge is 2.39. The van der Waals surface area contributed by atoms with E-state index in [2.05, 4.69) is 4.98 Å². The van der Waals surface area contributed by atoms with Gasteiger partial charge in [0.1, 0.15) is 11.5 Å². The van der Waals surface area contributed by atoms with Crippen molar-refractivity contribution >= 4 is 17.8 Å². The van der Waals surface area contributed by atoms with Gasteiger partial charge in [-0.1, -0.05) is 12.1 Å². The fourth-order valence-electron chi connectivity index (χ4n) is 4.24. The summed E-state index contributed by atoms with van der Waals surface area (Å²) in [5, 5.41) is 0. The molecule has 8 heteroatoms. The second-order valence-corrected chi connectivity index (χ2v) is 7.74. The smallest absolute Gasteiger partial charge is 0.306 e. The molecule has 3 aromatic rings. The minimum atomic E-state index is -0.442. The van der Waals surface area contributed by atoms with Crippen molar-refractivity contribution in [1.29, 1.82) is 0 Å².